The van der Waals surface area contributed by atoms with Crippen LogP contribution in [-0.2, 0) is 10.0 Å². The Morgan fingerprint density at radius 2 is 1.93 bits per heavy atom. The first-order chi connectivity index (χ1) is 12.9. The van der Waals surface area contributed by atoms with Crippen molar-refractivity contribution in [3.05, 3.63) is 63.7 Å². The minimum atomic E-state index is -3.72. The molecule has 1 aliphatic rings. The average Bonchev–Trinajstić information content (AvgIpc) is 3.17. The summed E-state index contributed by atoms with van der Waals surface area (Å²) in [4.78, 5) is 10.7. The lowest BCUT2D eigenvalue weighted by molar-refractivity contribution is -0.384. The maximum atomic E-state index is 12.6. The SMILES string of the molecule is Cc1cccc(/C=N\Nc2ccc(S(=O)(=O)N3CCCC3)cc2[N+](=O)[O-])c1. The summed E-state index contributed by atoms with van der Waals surface area (Å²) in [5.41, 5.74) is 4.34. The lowest BCUT2D eigenvalue weighted by atomic mass is 10.2. The van der Waals surface area contributed by atoms with Gasteiger partial charge < -0.3 is 0 Å². The van der Waals surface area contributed by atoms with Crippen molar-refractivity contribution >= 4 is 27.6 Å². The van der Waals surface area contributed by atoms with E-state index in [1.165, 1.54) is 16.4 Å². The fourth-order valence-electron chi connectivity index (χ4n) is 2.92. The van der Waals surface area contributed by atoms with Crippen molar-refractivity contribution in [2.24, 2.45) is 5.10 Å². The first kappa shape index (κ1) is 19.0. The van der Waals surface area contributed by atoms with Gasteiger partial charge >= 0.3 is 0 Å². The Bertz CT molecular complexity index is 983. The third-order valence-electron chi connectivity index (χ3n) is 4.31. The highest BCUT2D eigenvalue weighted by atomic mass is 32.2. The minimum absolute atomic E-state index is 0.0793. The highest BCUT2D eigenvalue weighted by Gasteiger charge is 2.29. The molecule has 0 saturated carbocycles. The Morgan fingerprint density at radius 1 is 1.19 bits per heavy atom. The summed E-state index contributed by atoms with van der Waals surface area (Å²) >= 11 is 0. The molecule has 0 amide bonds. The van der Waals surface area contributed by atoms with Crippen LogP contribution in [0.2, 0.25) is 0 Å². The lowest BCUT2D eigenvalue weighted by Gasteiger charge is -2.15. The van der Waals surface area contributed by atoms with Crippen LogP contribution in [0.15, 0.2) is 52.5 Å². The summed E-state index contributed by atoms with van der Waals surface area (Å²) in [6.07, 6.45) is 3.15. The molecule has 0 bridgehead atoms. The van der Waals surface area contributed by atoms with E-state index in [1.807, 2.05) is 31.2 Å². The van der Waals surface area contributed by atoms with Crippen LogP contribution in [-0.4, -0.2) is 37.0 Å². The minimum Gasteiger partial charge on any atom is -0.272 e. The molecule has 27 heavy (non-hydrogen) atoms. The molecule has 1 heterocycles. The van der Waals surface area contributed by atoms with Gasteiger partial charge in [0.1, 0.15) is 5.69 Å². The number of rotatable bonds is 6. The molecule has 0 unspecified atom stereocenters. The van der Waals surface area contributed by atoms with E-state index in [-0.39, 0.29) is 16.3 Å². The van der Waals surface area contributed by atoms with E-state index in [1.54, 1.807) is 6.21 Å². The number of sulfonamides is 1. The van der Waals surface area contributed by atoms with Gasteiger partial charge in [0.15, 0.2) is 0 Å². The van der Waals surface area contributed by atoms with Crippen LogP contribution < -0.4 is 5.43 Å². The fraction of sp³-hybridized carbons (Fsp3) is 0.278. The van der Waals surface area contributed by atoms with E-state index in [4.69, 9.17) is 0 Å². The molecule has 1 aliphatic heterocycles. The van der Waals surface area contributed by atoms with Crippen LogP contribution in [0.25, 0.3) is 0 Å². The predicted molar refractivity (Wildman–Crippen MR) is 103 cm³/mol. The van der Waals surface area contributed by atoms with Crippen LogP contribution in [0.4, 0.5) is 11.4 Å². The molecule has 142 valence electrons. The van der Waals surface area contributed by atoms with Crippen LogP contribution in [0, 0.1) is 17.0 Å². The van der Waals surface area contributed by atoms with Crippen LogP contribution >= 0.6 is 0 Å². The Balaban J connectivity index is 1.85. The van der Waals surface area contributed by atoms with Crippen LogP contribution in [0.5, 0.6) is 0 Å². The van der Waals surface area contributed by atoms with Gasteiger partial charge in [0.2, 0.25) is 10.0 Å². The van der Waals surface area contributed by atoms with Gasteiger partial charge in [-0.15, -0.1) is 0 Å². The predicted octanol–water partition coefficient (Wildman–Crippen LogP) is 3.13. The van der Waals surface area contributed by atoms with Gasteiger partial charge in [-0.2, -0.15) is 9.41 Å². The fourth-order valence-corrected chi connectivity index (χ4v) is 4.46. The number of nitrogens with zero attached hydrogens (tertiary/aromatic N) is 3. The Labute approximate surface area is 157 Å². The Kier molecular flexibility index (Phi) is 5.52. The molecule has 0 spiro atoms. The van der Waals surface area contributed by atoms with Crippen molar-refractivity contribution in [2.75, 3.05) is 18.5 Å². The number of nitro benzene ring substituents is 1. The summed E-state index contributed by atoms with van der Waals surface area (Å²) in [5, 5.41) is 15.4. The topological polar surface area (TPSA) is 105 Å². The second kappa shape index (κ2) is 7.85. The van der Waals surface area contributed by atoms with Gasteiger partial charge in [-0.1, -0.05) is 29.8 Å². The molecule has 0 radical (unpaired) electrons. The van der Waals surface area contributed by atoms with Gasteiger partial charge in [-0.25, -0.2) is 8.42 Å². The first-order valence-electron chi connectivity index (χ1n) is 8.52. The highest BCUT2D eigenvalue weighted by molar-refractivity contribution is 7.89. The normalized spacial score (nSPS) is 15.3. The van der Waals surface area contributed by atoms with Crippen molar-refractivity contribution in [3.8, 4) is 0 Å². The first-order valence-corrected chi connectivity index (χ1v) is 9.96. The number of benzene rings is 2. The van der Waals surface area contributed by atoms with Crippen molar-refractivity contribution < 1.29 is 13.3 Å². The summed E-state index contributed by atoms with van der Waals surface area (Å²) < 4.78 is 26.6. The molecule has 0 atom stereocenters. The van der Waals surface area contributed by atoms with Crippen molar-refractivity contribution in [2.45, 2.75) is 24.7 Å². The molecule has 1 fully saturated rings. The molecule has 0 aliphatic carbocycles. The maximum Gasteiger partial charge on any atom is 0.295 e. The third kappa shape index (κ3) is 4.32. The number of hydrazone groups is 1. The molecular formula is C18H20N4O4S. The Morgan fingerprint density at radius 3 is 2.59 bits per heavy atom. The van der Waals surface area contributed by atoms with Gasteiger partial charge in [0.25, 0.3) is 5.69 Å². The number of anilines is 1. The molecule has 2 aromatic rings. The maximum absolute atomic E-state index is 12.6. The zero-order valence-electron chi connectivity index (χ0n) is 14.8. The lowest BCUT2D eigenvalue weighted by Crippen LogP contribution is -2.27. The molecular weight excluding hydrogens is 368 g/mol. The molecule has 0 aromatic heterocycles. The highest BCUT2D eigenvalue weighted by Crippen LogP contribution is 2.30. The standard InChI is InChI=1S/C18H20N4O4S/c1-14-5-4-6-15(11-14)13-19-20-17-8-7-16(12-18(17)22(23)24)27(25,26)21-9-2-3-10-21/h4-8,11-13,20H,2-3,9-10H2,1H3/b19-13-. The largest absolute Gasteiger partial charge is 0.295 e. The number of nitrogens with one attached hydrogen (secondary N) is 1. The number of nitro groups is 1. The summed E-state index contributed by atoms with van der Waals surface area (Å²) in [7, 11) is -3.72. The van der Waals surface area contributed by atoms with E-state index in [2.05, 4.69) is 10.5 Å². The van der Waals surface area contributed by atoms with E-state index in [0.29, 0.717) is 13.1 Å². The molecule has 1 N–H and O–H groups in total. The monoisotopic (exact) mass is 388 g/mol. The van der Waals surface area contributed by atoms with E-state index >= 15 is 0 Å². The zero-order valence-corrected chi connectivity index (χ0v) is 15.6. The van der Waals surface area contributed by atoms with Gasteiger partial charge in [-0.05, 0) is 37.5 Å². The second-order valence-electron chi connectivity index (χ2n) is 6.33. The number of aryl methyl sites for hydroxylation is 1. The van der Waals surface area contributed by atoms with Crippen molar-refractivity contribution in [3.63, 3.8) is 0 Å². The number of hydrogen-bond donors (Lipinski definition) is 1. The van der Waals surface area contributed by atoms with Crippen molar-refractivity contribution in [1.29, 1.82) is 0 Å². The third-order valence-corrected chi connectivity index (χ3v) is 6.20. The molecule has 2 aromatic carbocycles. The van der Waals surface area contributed by atoms with E-state index in [0.717, 1.165) is 30.0 Å². The summed E-state index contributed by atoms with van der Waals surface area (Å²) in [6, 6.07) is 11.4. The molecule has 3 rings (SSSR count). The van der Waals surface area contributed by atoms with Crippen LogP contribution in [0.3, 0.4) is 0 Å². The van der Waals surface area contributed by atoms with E-state index < -0.39 is 14.9 Å². The molecule has 1 saturated heterocycles. The zero-order chi connectivity index (χ0) is 19.4. The van der Waals surface area contributed by atoms with Crippen LogP contribution in [0.1, 0.15) is 24.0 Å². The Hall–Kier alpha value is -2.78. The average molecular weight is 388 g/mol. The van der Waals surface area contributed by atoms with Gasteiger partial charge in [0.05, 0.1) is 16.0 Å². The number of hydrogen-bond acceptors (Lipinski definition) is 6. The summed E-state index contributed by atoms with van der Waals surface area (Å²) in [6.45, 7) is 2.84. The second-order valence-corrected chi connectivity index (χ2v) is 8.27. The van der Waals surface area contributed by atoms with E-state index in [9.17, 15) is 18.5 Å². The smallest absolute Gasteiger partial charge is 0.272 e. The quantitative estimate of drug-likeness (QED) is 0.465. The summed E-state index contributed by atoms with van der Waals surface area (Å²) in [5.74, 6) is 0. The van der Waals surface area contributed by atoms with Gasteiger partial charge in [-0.3, -0.25) is 15.5 Å². The molecule has 8 nitrogen and oxygen atoms in total. The molecule has 9 heteroatoms. The van der Waals surface area contributed by atoms with Gasteiger partial charge in [0, 0.05) is 19.2 Å². The van der Waals surface area contributed by atoms with Crippen molar-refractivity contribution in [1.82, 2.24) is 4.31 Å².